The van der Waals surface area contributed by atoms with Crippen LogP contribution in [0.15, 0.2) is 59.3 Å². The van der Waals surface area contributed by atoms with Gasteiger partial charge in [-0.3, -0.25) is 0 Å². The molecule has 0 aromatic heterocycles. The van der Waals surface area contributed by atoms with E-state index in [1.165, 1.54) is 22.3 Å². The monoisotopic (exact) mass is 230 g/mol. The Balaban J connectivity index is 5.87. The Hall–Kier alpha value is -1.30. The van der Waals surface area contributed by atoms with Crippen LogP contribution < -0.4 is 0 Å². The molecular weight excluding hydrogens is 204 g/mol. The maximum Gasteiger partial charge on any atom is -0.0156 e. The molecule has 0 nitrogen and oxygen atoms in total. The van der Waals surface area contributed by atoms with Gasteiger partial charge in [-0.25, -0.2) is 0 Å². The molecule has 0 bridgehead atoms. The zero-order valence-electron chi connectivity index (χ0n) is 12.2. The second kappa shape index (κ2) is 7.11. The Kier molecular flexibility index (Phi) is 6.57. The maximum absolute atomic E-state index is 4.19. The van der Waals surface area contributed by atoms with E-state index < -0.39 is 0 Å². The molecule has 0 saturated heterocycles. The molecule has 17 heavy (non-hydrogen) atoms. The van der Waals surface area contributed by atoms with Crippen molar-refractivity contribution in [3.63, 3.8) is 0 Å². The fourth-order valence-electron chi connectivity index (χ4n) is 1.92. The predicted molar refractivity (Wildman–Crippen MR) is 80.1 cm³/mol. The van der Waals surface area contributed by atoms with E-state index >= 15 is 0 Å². The first-order valence-electron chi connectivity index (χ1n) is 6.23. The lowest BCUT2D eigenvalue weighted by molar-refractivity contribution is 0.770. The van der Waals surface area contributed by atoms with Crippen LogP contribution in [0.4, 0.5) is 0 Å². The van der Waals surface area contributed by atoms with Crippen LogP contribution in [0.25, 0.3) is 0 Å². The Morgan fingerprint density at radius 1 is 1.00 bits per heavy atom. The summed E-state index contributed by atoms with van der Waals surface area (Å²) in [7, 11) is 0. The third kappa shape index (κ3) is 3.89. The van der Waals surface area contributed by atoms with Gasteiger partial charge in [0.1, 0.15) is 0 Å². The average molecular weight is 230 g/mol. The van der Waals surface area contributed by atoms with E-state index in [-0.39, 0.29) is 0 Å². The first-order valence-corrected chi connectivity index (χ1v) is 6.23. The van der Waals surface area contributed by atoms with E-state index in [2.05, 4.69) is 59.9 Å². The molecule has 0 aromatic rings. The number of rotatable bonds is 5. The van der Waals surface area contributed by atoms with Gasteiger partial charge in [-0.1, -0.05) is 50.8 Å². The van der Waals surface area contributed by atoms with E-state index in [9.17, 15) is 0 Å². The van der Waals surface area contributed by atoms with Crippen LogP contribution >= 0.6 is 0 Å². The number of hydrogen-bond acceptors (Lipinski definition) is 0. The third-order valence-electron chi connectivity index (χ3n) is 3.16. The summed E-state index contributed by atoms with van der Waals surface area (Å²) in [5, 5.41) is 0. The van der Waals surface area contributed by atoms with Gasteiger partial charge in [-0.2, -0.15) is 0 Å². The Bertz CT molecular complexity index is 384. The summed E-state index contributed by atoms with van der Waals surface area (Å²) in [6.45, 7) is 20.9. The summed E-state index contributed by atoms with van der Waals surface area (Å²) in [6.07, 6.45) is 6.17. The second-order valence-electron chi connectivity index (χ2n) is 4.61. The molecule has 0 heterocycles. The number of hydrogen-bond donors (Lipinski definition) is 0. The minimum atomic E-state index is 0.473. The van der Waals surface area contributed by atoms with Gasteiger partial charge in [0.15, 0.2) is 0 Å². The normalized spacial score (nSPS) is 14.8. The Labute approximate surface area is 107 Å². The van der Waals surface area contributed by atoms with Gasteiger partial charge < -0.3 is 0 Å². The minimum Gasteiger partial charge on any atom is -0.0984 e. The van der Waals surface area contributed by atoms with E-state index in [1.54, 1.807) is 0 Å². The summed E-state index contributed by atoms with van der Waals surface area (Å²) >= 11 is 0. The summed E-state index contributed by atoms with van der Waals surface area (Å²) in [6, 6.07) is 0. The lowest BCUT2D eigenvalue weighted by Crippen LogP contribution is -2.02. The van der Waals surface area contributed by atoms with E-state index in [1.807, 2.05) is 13.0 Å². The fraction of sp³-hybridized carbons (Fsp3) is 0.412. The zero-order chi connectivity index (χ0) is 13.6. The molecule has 0 spiro atoms. The highest BCUT2D eigenvalue weighted by molar-refractivity contribution is 5.55. The largest absolute Gasteiger partial charge is 0.0984 e. The van der Waals surface area contributed by atoms with Crippen molar-refractivity contribution < 1.29 is 0 Å². The molecule has 0 aliphatic rings. The molecule has 0 atom stereocenters. The predicted octanol–water partition coefficient (Wildman–Crippen LogP) is 5.61. The third-order valence-corrected chi connectivity index (χ3v) is 3.16. The molecule has 0 saturated carbocycles. The molecule has 0 aliphatic heterocycles. The van der Waals surface area contributed by atoms with Crippen molar-refractivity contribution in [2.24, 2.45) is 5.92 Å². The SMILES string of the molecule is C=C/C(C(=C)/C(C)=C\C)=C(\C(C)=C/C)C(C)C. The first kappa shape index (κ1) is 15.7. The maximum atomic E-state index is 4.19. The van der Waals surface area contributed by atoms with E-state index in [0.29, 0.717) is 5.92 Å². The highest BCUT2D eigenvalue weighted by Gasteiger charge is 2.13. The van der Waals surface area contributed by atoms with Crippen molar-refractivity contribution in [3.8, 4) is 0 Å². The van der Waals surface area contributed by atoms with Crippen LogP contribution in [0.1, 0.15) is 41.5 Å². The smallest absolute Gasteiger partial charge is 0.0156 e. The van der Waals surface area contributed by atoms with Crippen molar-refractivity contribution in [2.75, 3.05) is 0 Å². The second-order valence-corrected chi connectivity index (χ2v) is 4.61. The number of allylic oxidation sites excluding steroid dienone is 8. The Morgan fingerprint density at radius 2 is 1.47 bits per heavy atom. The van der Waals surface area contributed by atoms with Gasteiger partial charge in [-0.05, 0) is 55.9 Å². The molecule has 0 aliphatic carbocycles. The first-order chi connectivity index (χ1) is 7.90. The van der Waals surface area contributed by atoms with Crippen molar-refractivity contribution in [1.29, 1.82) is 0 Å². The van der Waals surface area contributed by atoms with Crippen molar-refractivity contribution in [3.05, 3.63) is 59.3 Å². The fourth-order valence-corrected chi connectivity index (χ4v) is 1.92. The van der Waals surface area contributed by atoms with Crippen LogP contribution in [0.5, 0.6) is 0 Å². The van der Waals surface area contributed by atoms with Crippen molar-refractivity contribution in [2.45, 2.75) is 41.5 Å². The van der Waals surface area contributed by atoms with Crippen molar-refractivity contribution >= 4 is 0 Å². The van der Waals surface area contributed by atoms with Gasteiger partial charge in [0.2, 0.25) is 0 Å². The summed E-state index contributed by atoms with van der Waals surface area (Å²) < 4.78 is 0. The summed E-state index contributed by atoms with van der Waals surface area (Å²) in [4.78, 5) is 0. The molecule has 0 fully saturated rings. The average Bonchev–Trinajstić information content (AvgIpc) is 2.32. The highest BCUT2D eigenvalue weighted by Crippen LogP contribution is 2.30. The van der Waals surface area contributed by atoms with Crippen LogP contribution in [0.2, 0.25) is 0 Å². The quantitative estimate of drug-likeness (QED) is 0.538. The van der Waals surface area contributed by atoms with Gasteiger partial charge >= 0.3 is 0 Å². The van der Waals surface area contributed by atoms with Crippen LogP contribution in [0.3, 0.4) is 0 Å². The Morgan fingerprint density at radius 3 is 1.76 bits per heavy atom. The molecule has 0 N–H and O–H groups in total. The lowest BCUT2D eigenvalue weighted by atomic mass is 9.86. The molecule has 0 amide bonds. The topological polar surface area (TPSA) is 0 Å². The van der Waals surface area contributed by atoms with E-state index in [0.717, 1.165) is 5.57 Å². The van der Waals surface area contributed by atoms with Gasteiger partial charge in [0.05, 0.1) is 0 Å². The van der Waals surface area contributed by atoms with Crippen LogP contribution in [-0.4, -0.2) is 0 Å². The molecule has 94 valence electrons. The van der Waals surface area contributed by atoms with Crippen molar-refractivity contribution in [1.82, 2.24) is 0 Å². The minimum absolute atomic E-state index is 0.473. The highest BCUT2D eigenvalue weighted by atomic mass is 14.2. The molecular formula is C17H26. The molecule has 0 heteroatoms. The zero-order valence-corrected chi connectivity index (χ0v) is 12.2. The molecule has 0 radical (unpaired) electrons. The molecule has 0 aromatic carbocycles. The standard InChI is InChI=1S/C17H26/c1-9-13(6)15(8)16(11-3)17(12(4)5)14(7)10-2/h9-12H,3,8H2,1-2,4-7H3/b13-9-,14-10-,17-16+. The van der Waals surface area contributed by atoms with Gasteiger partial charge in [-0.15, -0.1) is 0 Å². The van der Waals surface area contributed by atoms with E-state index in [4.69, 9.17) is 0 Å². The van der Waals surface area contributed by atoms with Crippen LogP contribution in [0, 0.1) is 5.92 Å². The van der Waals surface area contributed by atoms with Gasteiger partial charge in [0, 0.05) is 0 Å². The van der Waals surface area contributed by atoms with Gasteiger partial charge in [0.25, 0.3) is 0 Å². The lowest BCUT2D eigenvalue weighted by Gasteiger charge is -2.19. The van der Waals surface area contributed by atoms with Crippen LogP contribution in [-0.2, 0) is 0 Å². The molecule has 0 unspecified atom stereocenters. The summed E-state index contributed by atoms with van der Waals surface area (Å²) in [5.74, 6) is 0.473. The molecule has 0 rings (SSSR count). The summed E-state index contributed by atoms with van der Waals surface area (Å²) in [5.41, 5.74) is 6.11.